The highest BCUT2D eigenvalue weighted by Crippen LogP contribution is 2.05. The number of rotatable bonds is 8. The minimum Gasteiger partial charge on any atom is -0.480 e. The summed E-state index contributed by atoms with van der Waals surface area (Å²) in [5.74, 6) is -2.22. The number of ether oxygens (including phenoxy) is 1. The van der Waals surface area contributed by atoms with E-state index in [9.17, 15) is 14.4 Å². The van der Waals surface area contributed by atoms with Gasteiger partial charge in [0, 0.05) is 6.42 Å². The lowest BCUT2D eigenvalue weighted by atomic mass is 10.1. The summed E-state index contributed by atoms with van der Waals surface area (Å²) in [5.41, 5.74) is 0. The quantitative estimate of drug-likeness (QED) is 0.634. The van der Waals surface area contributed by atoms with Crippen LogP contribution in [-0.4, -0.2) is 50.4 Å². The smallest absolute Gasteiger partial charge is 0.326 e. The second-order valence-corrected chi connectivity index (χ2v) is 4.29. The van der Waals surface area contributed by atoms with Crippen LogP contribution in [-0.2, 0) is 19.1 Å². The highest BCUT2D eigenvalue weighted by Gasteiger charge is 2.24. The SMILES string of the molecule is CCOC(=O)CC[C@H](NC(=O)C(C)n1cncn1)C(=O)O. The number of carbonyl (C=O) groups excluding carboxylic acids is 2. The van der Waals surface area contributed by atoms with Gasteiger partial charge < -0.3 is 15.2 Å². The maximum absolute atomic E-state index is 11.9. The van der Waals surface area contributed by atoms with Gasteiger partial charge in [0.25, 0.3) is 0 Å². The zero-order chi connectivity index (χ0) is 15.8. The summed E-state index contributed by atoms with van der Waals surface area (Å²) in [6, 6.07) is -1.86. The van der Waals surface area contributed by atoms with Crippen molar-refractivity contribution in [3.05, 3.63) is 12.7 Å². The predicted octanol–water partition coefficient (Wildman–Crippen LogP) is -0.248. The first-order valence-corrected chi connectivity index (χ1v) is 6.48. The van der Waals surface area contributed by atoms with Gasteiger partial charge in [0.1, 0.15) is 24.7 Å². The highest BCUT2D eigenvalue weighted by atomic mass is 16.5. The van der Waals surface area contributed by atoms with E-state index in [1.807, 2.05) is 0 Å². The van der Waals surface area contributed by atoms with Crippen molar-refractivity contribution in [2.45, 2.75) is 38.8 Å². The molecular weight excluding hydrogens is 280 g/mol. The molecule has 0 aliphatic carbocycles. The molecule has 21 heavy (non-hydrogen) atoms. The molecule has 2 atom stereocenters. The van der Waals surface area contributed by atoms with Crippen molar-refractivity contribution in [1.29, 1.82) is 0 Å². The first kappa shape index (κ1) is 16.6. The fraction of sp³-hybridized carbons (Fsp3) is 0.583. The van der Waals surface area contributed by atoms with Gasteiger partial charge in [-0.3, -0.25) is 9.59 Å². The van der Waals surface area contributed by atoms with E-state index in [4.69, 9.17) is 9.84 Å². The Morgan fingerprint density at radius 3 is 2.67 bits per heavy atom. The Kier molecular flexibility index (Phi) is 6.31. The Balaban J connectivity index is 2.55. The zero-order valence-corrected chi connectivity index (χ0v) is 11.9. The van der Waals surface area contributed by atoms with E-state index >= 15 is 0 Å². The summed E-state index contributed by atoms with van der Waals surface area (Å²) in [5, 5.41) is 15.3. The van der Waals surface area contributed by atoms with Gasteiger partial charge in [0.05, 0.1) is 6.61 Å². The number of aliphatic carboxylic acids is 1. The van der Waals surface area contributed by atoms with Crippen molar-refractivity contribution in [2.75, 3.05) is 6.61 Å². The molecule has 1 aromatic rings. The second-order valence-electron chi connectivity index (χ2n) is 4.29. The van der Waals surface area contributed by atoms with Crippen LogP contribution in [0.15, 0.2) is 12.7 Å². The number of hydrogen-bond acceptors (Lipinski definition) is 6. The number of carboxylic acids is 1. The van der Waals surface area contributed by atoms with Gasteiger partial charge >= 0.3 is 11.9 Å². The molecule has 0 aromatic carbocycles. The fourth-order valence-corrected chi connectivity index (χ4v) is 1.58. The van der Waals surface area contributed by atoms with Crippen molar-refractivity contribution in [3.63, 3.8) is 0 Å². The molecule has 1 unspecified atom stereocenters. The Morgan fingerprint density at radius 2 is 2.14 bits per heavy atom. The molecule has 1 amide bonds. The summed E-state index contributed by atoms with van der Waals surface area (Å²) in [6.07, 6.45) is 2.52. The average Bonchev–Trinajstić information content (AvgIpc) is 2.96. The Labute approximate surface area is 121 Å². The number of hydrogen-bond donors (Lipinski definition) is 2. The number of carbonyl (C=O) groups is 3. The zero-order valence-electron chi connectivity index (χ0n) is 11.9. The molecule has 9 nitrogen and oxygen atoms in total. The Bertz CT molecular complexity index is 488. The normalized spacial score (nSPS) is 13.2. The van der Waals surface area contributed by atoms with Gasteiger partial charge in [-0.05, 0) is 20.3 Å². The van der Waals surface area contributed by atoms with Gasteiger partial charge in [-0.25, -0.2) is 14.5 Å². The van der Waals surface area contributed by atoms with Crippen LogP contribution in [0.2, 0.25) is 0 Å². The van der Waals surface area contributed by atoms with Crippen molar-refractivity contribution in [1.82, 2.24) is 20.1 Å². The third-order valence-electron chi connectivity index (χ3n) is 2.77. The maximum atomic E-state index is 11.9. The molecule has 1 rings (SSSR count). The van der Waals surface area contributed by atoms with Crippen molar-refractivity contribution in [2.24, 2.45) is 0 Å². The van der Waals surface area contributed by atoms with E-state index in [1.165, 1.54) is 17.3 Å². The van der Waals surface area contributed by atoms with E-state index in [0.717, 1.165) is 0 Å². The molecule has 0 saturated carbocycles. The van der Waals surface area contributed by atoms with E-state index in [1.54, 1.807) is 13.8 Å². The third kappa shape index (κ3) is 5.21. The third-order valence-corrected chi connectivity index (χ3v) is 2.77. The number of esters is 1. The molecule has 2 N–H and O–H groups in total. The molecule has 0 aliphatic heterocycles. The number of amides is 1. The molecule has 0 fully saturated rings. The molecule has 1 heterocycles. The first-order valence-electron chi connectivity index (χ1n) is 6.48. The number of aromatic nitrogens is 3. The lowest BCUT2D eigenvalue weighted by Crippen LogP contribution is -2.44. The van der Waals surface area contributed by atoms with E-state index in [2.05, 4.69) is 15.4 Å². The number of nitrogens with zero attached hydrogens (tertiary/aromatic N) is 3. The van der Waals surface area contributed by atoms with E-state index in [0.29, 0.717) is 0 Å². The Hall–Kier alpha value is -2.45. The summed E-state index contributed by atoms with van der Waals surface area (Å²) in [7, 11) is 0. The van der Waals surface area contributed by atoms with Crippen LogP contribution in [0, 0.1) is 0 Å². The Morgan fingerprint density at radius 1 is 1.43 bits per heavy atom. The van der Waals surface area contributed by atoms with Gasteiger partial charge in [0.15, 0.2) is 0 Å². The minimum atomic E-state index is -1.21. The molecule has 116 valence electrons. The van der Waals surface area contributed by atoms with E-state index < -0.39 is 29.9 Å². The van der Waals surface area contributed by atoms with Gasteiger partial charge in [-0.1, -0.05) is 0 Å². The highest BCUT2D eigenvalue weighted by molar-refractivity contribution is 5.86. The van der Waals surface area contributed by atoms with Crippen LogP contribution < -0.4 is 5.32 Å². The molecule has 0 saturated heterocycles. The standard InChI is InChI=1S/C12H18N4O5/c1-3-21-10(17)5-4-9(12(19)20)15-11(18)8(2)16-7-13-6-14-16/h6-9H,3-5H2,1-2H3,(H,15,18)(H,19,20)/t8?,9-/m0/s1. The van der Waals surface area contributed by atoms with Crippen molar-refractivity contribution in [3.8, 4) is 0 Å². The number of nitrogens with one attached hydrogen (secondary N) is 1. The van der Waals surface area contributed by atoms with Gasteiger partial charge in [-0.2, -0.15) is 5.10 Å². The van der Waals surface area contributed by atoms with Crippen LogP contribution in [0.25, 0.3) is 0 Å². The molecule has 9 heteroatoms. The van der Waals surface area contributed by atoms with Crippen LogP contribution in [0.3, 0.4) is 0 Å². The summed E-state index contributed by atoms with van der Waals surface area (Å²) in [4.78, 5) is 38.0. The molecule has 0 aliphatic rings. The fourth-order valence-electron chi connectivity index (χ4n) is 1.58. The van der Waals surface area contributed by atoms with Gasteiger partial charge in [0.2, 0.25) is 5.91 Å². The maximum Gasteiger partial charge on any atom is 0.326 e. The molecule has 0 radical (unpaired) electrons. The topological polar surface area (TPSA) is 123 Å². The van der Waals surface area contributed by atoms with Gasteiger partial charge in [-0.15, -0.1) is 0 Å². The summed E-state index contributed by atoms with van der Waals surface area (Å²) in [6.45, 7) is 3.45. The molecular formula is C12H18N4O5. The lowest BCUT2D eigenvalue weighted by Gasteiger charge is -2.17. The predicted molar refractivity (Wildman–Crippen MR) is 70.2 cm³/mol. The molecule has 1 aromatic heterocycles. The number of carboxylic acid groups (broad SMARTS) is 1. The summed E-state index contributed by atoms with van der Waals surface area (Å²) < 4.78 is 6.02. The molecule has 0 spiro atoms. The lowest BCUT2D eigenvalue weighted by molar-refractivity contribution is -0.145. The minimum absolute atomic E-state index is 0.0377. The van der Waals surface area contributed by atoms with Crippen LogP contribution >= 0.6 is 0 Å². The monoisotopic (exact) mass is 298 g/mol. The largest absolute Gasteiger partial charge is 0.480 e. The summed E-state index contributed by atoms with van der Waals surface area (Å²) >= 11 is 0. The van der Waals surface area contributed by atoms with E-state index in [-0.39, 0.29) is 19.4 Å². The van der Waals surface area contributed by atoms with Crippen molar-refractivity contribution < 1.29 is 24.2 Å². The van der Waals surface area contributed by atoms with Crippen LogP contribution in [0.1, 0.15) is 32.7 Å². The average molecular weight is 298 g/mol. The second kappa shape index (κ2) is 7.98. The van der Waals surface area contributed by atoms with Crippen LogP contribution in [0.4, 0.5) is 0 Å². The van der Waals surface area contributed by atoms with Crippen molar-refractivity contribution >= 4 is 17.8 Å². The molecule has 0 bridgehead atoms. The van der Waals surface area contributed by atoms with Crippen LogP contribution in [0.5, 0.6) is 0 Å². The first-order chi connectivity index (χ1) is 9.95.